The molecule has 172 valence electrons. The second kappa shape index (κ2) is 9.91. The van der Waals surface area contributed by atoms with Gasteiger partial charge in [0.1, 0.15) is 5.60 Å². The quantitative estimate of drug-likeness (QED) is 0.348. The van der Waals surface area contributed by atoms with Crippen molar-refractivity contribution >= 4 is 31.5 Å². The number of nitrogens with zero attached hydrogens (tertiary/aromatic N) is 2. The van der Waals surface area contributed by atoms with E-state index in [1.54, 1.807) is 7.05 Å². The molecule has 0 aliphatic rings. The van der Waals surface area contributed by atoms with E-state index in [-0.39, 0.29) is 29.2 Å². The number of ether oxygens (including phenoxy) is 1. The van der Waals surface area contributed by atoms with Gasteiger partial charge in [0, 0.05) is 24.9 Å². The minimum absolute atomic E-state index is 0.0623. The highest BCUT2D eigenvalue weighted by atomic mass is 32.1. The molecule has 0 aliphatic heterocycles. The Kier molecular flexibility index (Phi) is 8.85. The maximum atomic E-state index is 12.9. The van der Waals surface area contributed by atoms with Crippen LogP contribution in [-0.4, -0.2) is 48.8 Å². The van der Waals surface area contributed by atoms with Crippen LogP contribution in [0.25, 0.3) is 0 Å². The van der Waals surface area contributed by atoms with E-state index in [1.807, 2.05) is 40.0 Å². The zero-order chi connectivity index (χ0) is 23.5. The van der Waals surface area contributed by atoms with Gasteiger partial charge >= 0.3 is 6.09 Å². The third kappa shape index (κ3) is 7.78. The number of carbonyl (C=O) groups is 2. The summed E-state index contributed by atoms with van der Waals surface area (Å²) in [7, 11) is -0.186. The predicted octanol–water partition coefficient (Wildman–Crippen LogP) is 6.13. The van der Waals surface area contributed by atoms with E-state index in [0.717, 1.165) is 5.69 Å². The summed E-state index contributed by atoms with van der Waals surface area (Å²) in [4.78, 5) is 31.4. The van der Waals surface area contributed by atoms with Crippen LogP contribution in [0.2, 0.25) is 18.1 Å². The van der Waals surface area contributed by atoms with Crippen LogP contribution in [0.3, 0.4) is 0 Å². The zero-order valence-corrected chi connectivity index (χ0v) is 22.4. The molecule has 1 rings (SSSR count). The van der Waals surface area contributed by atoms with Gasteiger partial charge in [-0.3, -0.25) is 4.79 Å². The lowest BCUT2D eigenvalue weighted by Crippen LogP contribution is -2.44. The average Bonchev–Trinajstić information content (AvgIpc) is 3.03. The van der Waals surface area contributed by atoms with Gasteiger partial charge < -0.3 is 14.1 Å². The smallest absolute Gasteiger partial charge is 0.410 e. The van der Waals surface area contributed by atoms with Gasteiger partial charge in [-0.2, -0.15) is 0 Å². The van der Waals surface area contributed by atoms with Crippen molar-refractivity contribution in [3.63, 3.8) is 0 Å². The van der Waals surface area contributed by atoms with Crippen molar-refractivity contribution in [1.82, 2.24) is 9.88 Å². The second-order valence-corrected chi connectivity index (χ2v) is 16.4. The molecule has 1 amide bonds. The van der Waals surface area contributed by atoms with Gasteiger partial charge in [-0.1, -0.05) is 34.6 Å². The van der Waals surface area contributed by atoms with Gasteiger partial charge in [-0.15, -0.1) is 11.3 Å². The van der Waals surface area contributed by atoms with Crippen LogP contribution >= 0.6 is 11.3 Å². The number of rotatable bonds is 8. The summed E-state index contributed by atoms with van der Waals surface area (Å²) in [6, 6.07) is -0.261. The topological polar surface area (TPSA) is 68.7 Å². The van der Waals surface area contributed by atoms with E-state index in [9.17, 15) is 9.59 Å². The molecule has 0 fully saturated rings. The molecule has 30 heavy (non-hydrogen) atoms. The molecule has 0 aromatic carbocycles. The molecular formula is C22H40N2O4SSi. The molecule has 0 unspecified atom stereocenters. The maximum absolute atomic E-state index is 12.9. The number of thiazole rings is 1. The van der Waals surface area contributed by atoms with E-state index < -0.39 is 20.0 Å². The Labute approximate surface area is 187 Å². The van der Waals surface area contributed by atoms with Gasteiger partial charge in [0.25, 0.3) is 0 Å². The highest BCUT2D eigenvalue weighted by Crippen LogP contribution is 2.37. The van der Waals surface area contributed by atoms with Gasteiger partial charge in [0.15, 0.2) is 19.1 Å². The first kappa shape index (κ1) is 26.8. The molecule has 0 N–H and O–H groups in total. The SMILES string of the molecule is CC(C)[C@@H](CC(=O)c1nc(CO[Si](C)(C)C(C)(C)C)cs1)N(C)C(=O)OC(C)(C)C. The zero-order valence-electron chi connectivity index (χ0n) is 20.6. The molecule has 0 bridgehead atoms. The number of ketones is 1. The second-order valence-electron chi connectivity index (χ2n) is 10.7. The fraction of sp³-hybridized carbons (Fsp3) is 0.773. The van der Waals surface area contributed by atoms with Crippen LogP contribution in [0.4, 0.5) is 4.79 Å². The summed E-state index contributed by atoms with van der Waals surface area (Å²) >= 11 is 1.34. The Hall–Kier alpha value is -1.25. The van der Waals surface area contributed by atoms with E-state index in [2.05, 4.69) is 38.8 Å². The first-order chi connectivity index (χ1) is 13.4. The normalized spacial score (nSPS) is 14.0. The van der Waals surface area contributed by atoms with Crippen LogP contribution in [0, 0.1) is 5.92 Å². The fourth-order valence-electron chi connectivity index (χ4n) is 2.54. The third-order valence-electron chi connectivity index (χ3n) is 5.52. The average molecular weight is 457 g/mol. The molecular weight excluding hydrogens is 416 g/mol. The number of aromatic nitrogens is 1. The molecule has 0 aliphatic carbocycles. The molecule has 1 heterocycles. The van der Waals surface area contributed by atoms with Crippen LogP contribution in [0.5, 0.6) is 0 Å². The van der Waals surface area contributed by atoms with Crippen molar-refractivity contribution < 1.29 is 18.8 Å². The Morgan fingerprint density at radius 2 is 1.73 bits per heavy atom. The third-order valence-corrected chi connectivity index (χ3v) is 10.9. The lowest BCUT2D eigenvalue weighted by atomic mass is 9.97. The van der Waals surface area contributed by atoms with Gasteiger partial charge in [-0.25, -0.2) is 9.78 Å². The lowest BCUT2D eigenvalue weighted by molar-refractivity contribution is 0.0173. The Balaban J connectivity index is 2.82. The number of amides is 1. The summed E-state index contributed by atoms with van der Waals surface area (Å²) in [6.45, 7) is 20.9. The van der Waals surface area contributed by atoms with E-state index in [0.29, 0.717) is 11.6 Å². The lowest BCUT2D eigenvalue weighted by Gasteiger charge is -2.35. The van der Waals surface area contributed by atoms with E-state index in [4.69, 9.17) is 9.16 Å². The van der Waals surface area contributed by atoms with Gasteiger partial charge in [0.05, 0.1) is 12.3 Å². The van der Waals surface area contributed by atoms with Crippen molar-refractivity contribution in [3.05, 3.63) is 16.1 Å². The first-order valence-electron chi connectivity index (χ1n) is 10.5. The molecule has 0 spiro atoms. The van der Waals surface area contributed by atoms with E-state index in [1.165, 1.54) is 16.2 Å². The molecule has 0 radical (unpaired) electrons. The Morgan fingerprint density at radius 3 is 2.20 bits per heavy atom. The summed E-state index contributed by atoms with van der Waals surface area (Å²) in [5, 5.41) is 2.48. The molecule has 0 saturated carbocycles. The van der Waals surface area contributed by atoms with Crippen molar-refractivity contribution in [1.29, 1.82) is 0 Å². The van der Waals surface area contributed by atoms with Crippen LogP contribution < -0.4 is 0 Å². The Morgan fingerprint density at radius 1 is 1.17 bits per heavy atom. The van der Waals surface area contributed by atoms with Gasteiger partial charge in [0.2, 0.25) is 0 Å². The highest BCUT2D eigenvalue weighted by molar-refractivity contribution is 7.11. The number of hydrogen-bond donors (Lipinski definition) is 0. The molecule has 0 saturated heterocycles. The van der Waals surface area contributed by atoms with Crippen LogP contribution in [-0.2, 0) is 15.8 Å². The standard InChI is InChI=1S/C22H40N2O4SSi/c1-15(2)17(24(9)20(26)28-21(3,4)5)12-18(25)19-23-16(14-29-19)13-27-30(10,11)22(6,7)8/h14-15,17H,12-13H2,1-11H3/t17-/m1/s1. The van der Waals surface area contributed by atoms with Crippen molar-refractivity contribution in [2.45, 2.75) is 98.2 Å². The van der Waals surface area contributed by atoms with Crippen molar-refractivity contribution in [3.8, 4) is 0 Å². The van der Waals surface area contributed by atoms with Crippen LogP contribution in [0.1, 0.15) is 77.3 Å². The summed E-state index contributed by atoms with van der Waals surface area (Å²) in [5.41, 5.74) is 0.209. The molecule has 1 aromatic rings. The molecule has 6 nitrogen and oxygen atoms in total. The van der Waals surface area contributed by atoms with Gasteiger partial charge in [-0.05, 0) is 44.8 Å². The summed E-state index contributed by atoms with van der Waals surface area (Å²) in [5.74, 6) is 0.0421. The van der Waals surface area contributed by atoms with Crippen LogP contribution in [0.15, 0.2) is 5.38 Å². The molecule has 8 heteroatoms. The summed E-state index contributed by atoms with van der Waals surface area (Å²) in [6.07, 6.45) is -0.208. The first-order valence-corrected chi connectivity index (χ1v) is 14.3. The Bertz CT molecular complexity index is 732. The van der Waals surface area contributed by atoms with Crippen molar-refractivity contribution in [2.75, 3.05) is 7.05 Å². The molecule has 1 aromatic heterocycles. The van der Waals surface area contributed by atoms with E-state index >= 15 is 0 Å². The minimum atomic E-state index is -1.87. The maximum Gasteiger partial charge on any atom is 0.410 e. The number of hydrogen-bond acceptors (Lipinski definition) is 6. The number of Topliss-reactive ketones (excluding diaryl/α,β-unsaturated/α-hetero) is 1. The monoisotopic (exact) mass is 456 g/mol. The summed E-state index contributed by atoms with van der Waals surface area (Å²) < 4.78 is 11.7. The largest absolute Gasteiger partial charge is 0.444 e. The predicted molar refractivity (Wildman–Crippen MR) is 126 cm³/mol. The molecule has 1 atom stereocenters. The minimum Gasteiger partial charge on any atom is -0.444 e. The fourth-order valence-corrected chi connectivity index (χ4v) is 4.23. The number of carbonyl (C=O) groups excluding carboxylic acids is 2. The highest BCUT2D eigenvalue weighted by Gasteiger charge is 2.37. The van der Waals surface area contributed by atoms with Crippen molar-refractivity contribution in [2.24, 2.45) is 5.92 Å².